The van der Waals surface area contributed by atoms with E-state index in [1.165, 1.54) is 12.1 Å². The molecule has 22 heavy (non-hydrogen) atoms. The summed E-state index contributed by atoms with van der Waals surface area (Å²) in [6.07, 6.45) is 2.63. The lowest BCUT2D eigenvalue weighted by atomic mass is 10.1. The van der Waals surface area contributed by atoms with Crippen molar-refractivity contribution in [1.29, 1.82) is 0 Å². The minimum absolute atomic E-state index is 0.0147. The molecule has 2 rings (SSSR count). The van der Waals surface area contributed by atoms with Gasteiger partial charge in [-0.05, 0) is 35.8 Å². The Kier molecular flexibility index (Phi) is 4.50. The van der Waals surface area contributed by atoms with Crippen LogP contribution < -0.4 is 11.5 Å². The van der Waals surface area contributed by atoms with Crippen molar-refractivity contribution in [2.75, 3.05) is 6.26 Å². The number of rotatable bonds is 4. The molecular formula is C13H17N3O4S2. The molecule has 1 aromatic rings. The van der Waals surface area contributed by atoms with Crippen LogP contribution in [-0.4, -0.2) is 36.3 Å². The Morgan fingerprint density at radius 3 is 2.41 bits per heavy atom. The van der Waals surface area contributed by atoms with Gasteiger partial charge >= 0.3 is 0 Å². The molecule has 120 valence electrons. The third kappa shape index (κ3) is 3.60. The summed E-state index contributed by atoms with van der Waals surface area (Å²) in [5.41, 5.74) is 10.9. The number of sulfone groups is 1. The van der Waals surface area contributed by atoms with Crippen molar-refractivity contribution < 1.29 is 17.8 Å². The van der Waals surface area contributed by atoms with Gasteiger partial charge in [0.1, 0.15) is 10.1 Å². The van der Waals surface area contributed by atoms with Crippen molar-refractivity contribution in [1.82, 2.24) is 0 Å². The molecule has 0 saturated heterocycles. The number of nitrogens with two attached hydrogens (primary N) is 2. The van der Waals surface area contributed by atoms with Crippen LogP contribution in [-0.2, 0) is 21.0 Å². The molecule has 1 aliphatic carbocycles. The van der Waals surface area contributed by atoms with Crippen LogP contribution in [0.1, 0.15) is 28.8 Å². The summed E-state index contributed by atoms with van der Waals surface area (Å²) < 4.78 is 36.3. The summed E-state index contributed by atoms with van der Waals surface area (Å²) in [6.45, 7) is 1.62. The van der Waals surface area contributed by atoms with Crippen molar-refractivity contribution >= 4 is 32.9 Å². The SMILES string of the molecule is Cc1cc([S+]([O-])C2CC2)c(S(C)(=O)=O)cc1C(=O)N=C(N)N. The minimum Gasteiger partial charge on any atom is -0.611 e. The summed E-state index contributed by atoms with van der Waals surface area (Å²) in [5, 5.41) is -0.0147. The first kappa shape index (κ1) is 16.8. The number of nitrogens with zero attached hydrogens (tertiary/aromatic N) is 1. The molecule has 0 heterocycles. The molecule has 1 fully saturated rings. The molecule has 0 spiro atoms. The van der Waals surface area contributed by atoms with E-state index in [-0.39, 0.29) is 20.6 Å². The van der Waals surface area contributed by atoms with Crippen molar-refractivity contribution in [2.24, 2.45) is 16.5 Å². The first-order valence-corrected chi connectivity index (χ1v) is 9.61. The molecule has 1 atom stereocenters. The van der Waals surface area contributed by atoms with Crippen LogP contribution in [0.3, 0.4) is 0 Å². The summed E-state index contributed by atoms with van der Waals surface area (Å²) in [6, 6.07) is 2.68. The Bertz CT molecular complexity index is 751. The molecular weight excluding hydrogens is 326 g/mol. The van der Waals surface area contributed by atoms with Crippen LogP contribution in [0.4, 0.5) is 0 Å². The lowest BCUT2D eigenvalue weighted by Gasteiger charge is -2.15. The van der Waals surface area contributed by atoms with E-state index in [0.717, 1.165) is 19.1 Å². The third-order valence-electron chi connectivity index (χ3n) is 3.20. The third-order valence-corrected chi connectivity index (χ3v) is 6.31. The summed E-state index contributed by atoms with van der Waals surface area (Å²) >= 11 is -1.40. The van der Waals surface area contributed by atoms with E-state index in [4.69, 9.17) is 11.5 Å². The number of aryl methyl sites for hydroxylation is 1. The maximum atomic E-state index is 12.4. The number of amides is 1. The molecule has 1 aliphatic rings. The van der Waals surface area contributed by atoms with Crippen LogP contribution in [0.5, 0.6) is 0 Å². The molecule has 0 radical (unpaired) electrons. The molecule has 1 saturated carbocycles. The second-order valence-electron chi connectivity index (χ2n) is 5.22. The first-order chi connectivity index (χ1) is 10.1. The highest BCUT2D eigenvalue weighted by Crippen LogP contribution is 2.37. The van der Waals surface area contributed by atoms with E-state index in [1.807, 2.05) is 0 Å². The molecule has 1 aromatic carbocycles. The zero-order valence-electron chi connectivity index (χ0n) is 12.2. The predicted molar refractivity (Wildman–Crippen MR) is 83.9 cm³/mol. The van der Waals surface area contributed by atoms with E-state index in [9.17, 15) is 17.8 Å². The summed E-state index contributed by atoms with van der Waals surface area (Å²) in [4.78, 5) is 15.5. The molecule has 0 aliphatic heterocycles. The van der Waals surface area contributed by atoms with Crippen LogP contribution in [0.2, 0.25) is 0 Å². The van der Waals surface area contributed by atoms with Crippen LogP contribution in [0.25, 0.3) is 0 Å². The minimum atomic E-state index is -3.64. The molecule has 7 nitrogen and oxygen atoms in total. The number of carbonyl (C=O) groups is 1. The van der Waals surface area contributed by atoms with Crippen LogP contribution >= 0.6 is 0 Å². The second kappa shape index (κ2) is 5.90. The van der Waals surface area contributed by atoms with Gasteiger partial charge in [0.15, 0.2) is 20.7 Å². The molecule has 0 bridgehead atoms. The monoisotopic (exact) mass is 343 g/mol. The highest BCUT2D eigenvalue weighted by Gasteiger charge is 2.39. The van der Waals surface area contributed by atoms with Gasteiger partial charge in [0, 0.05) is 24.7 Å². The predicted octanol–water partition coefficient (Wildman–Crippen LogP) is 0.0821. The van der Waals surface area contributed by atoms with E-state index in [2.05, 4.69) is 4.99 Å². The first-order valence-electron chi connectivity index (χ1n) is 6.50. The van der Waals surface area contributed by atoms with Crippen LogP contribution in [0, 0.1) is 6.92 Å². The molecule has 9 heteroatoms. The van der Waals surface area contributed by atoms with Crippen molar-refractivity contribution in [3.8, 4) is 0 Å². The maximum absolute atomic E-state index is 12.4. The molecule has 1 unspecified atom stereocenters. The van der Waals surface area contributed by atoms with Crippen molar-refractivity contribution in [3.63, 3.8) is 0 Å². The van der Waals surface area contributed by atoms with Crippen molar-refractivity contribution in [3.05, 3.63) is 23.3 Å². The quantitative estimate of drug-likeness (QED) is 0.451. The van der Waals surface area contributed by atoms with Gasteiger partial charge in [-0.15, -0.1) is 0 Å². The van der Waals surface area contributed by atoms with E-state index in [0.29, 0.717) is 5.56 Å². The van der Waals surface area contributed by atoms with Crippen molar-refractivity contribution in [2.45, 2.75) is 34.8 Å². The van der Waals surface area contributed by atoms with Gasteiger partial charge in [0.05, 0.1) is 0 Å². The second-order valence-corrected chi connectivity index (χ2v) is 8.91. The molecule has 0 aromatic heterocycles. The fraction of sp³-hybridized carbons (Fsp3) is 0.385. The molecule has 1 amide bonds. The van der Waals surface area contributed by atoms with Crippen LogP contribution in [0.15, 0.2) is 26.9 Å². The van der Waals surface area contributed by atoms with Gasteiger partial charge in [0.2, 0.25) is 0 Å². The average molecular weight is 343 g/mol. The number of aliphatic imine (C=N–C) groups is 1. The van der Waals surface area contributed by atoms with Gasteiger partial charge in [-0.25, -0.2) is 8.42 Å². The van der Waals surface area contributed by atoms with E-state index < -0.39 is 32.9 Å². The van der Waals surface area contributed by atoms with Gasteiger partial charge in [-0.3, -0.25) is 4.79 Å². The standard InChI is InChI=1S/C13H17N3O4S2/c1-7-5-10(21(18)8-3-4-8)11(22(2,19)20)6-9(7)12(17)16-13(14)15/h5-6,8H,3-4H2,1-2H3,(H4,14,15,16,17). The number of benzene rings is 1. The van der Waals surface area contributed by atoms with E-state index in [1.54, 1.807) is 6.92 Å². The zero-order valence-corrected chi connectivity index (χ0v) is 13.8. The van der Waals surface area contributed by atoms with Gasteiger partial charge < -0.3 is 16.0 Å². The lowest BCUT2D eigenvalue weighted by Crippen LogP contribution is -2.24. The Balaban J connectivity index is 2.61. The average Bonchev–Trinajstić information content (AvgIpc) is 3.19. The Morgan fingerprint density at radius 1 is 1.36 bits per heavy atom. The molecule has 4 N–H and O–H groups in total. The fourth-order valence-corrected chi connectivity index (χ4v) is 4.91. The largest absolute Gasteiger partial charge is 0.611 e. The summed E-state index contributed by atoms with van der Waals surface area (Å²) in [5.74, 6) is -1.14. The lowest BCUT2D eigenvalue weighted by molar-refractivity contribution is 0.100. The zero-order chi connectivity index (χ0) is 16.7. The topological polar surface area (TPSA) is 139 Å². The fourth-order valence-electron chi connectivity index (χ4n) is 1.98. The Hall–Kier alpha value is -1.58. The van der Waals surface area contributed by atoms with Gasteiger partial charge in [-0.2, -0.15) is 4.99 Å². The normalized spacial score (nSPS) is 16.1. The Labute approximate surface area is 131 Å². The van der Waals surface area contributed by atoms with Gasteiger partial charge in [-0.1, -0.05) is 0 Å². The summed E-state index contributed by atoms with van der Waals surface area (Å²) in [7, 11) is -3.64. The maximum Gasteiger partial charge on any atom is 0.280 e. The number of hydrogen-bond acceptors (Lipinski definition) is 4. The smallest absolute Gasteiger partial charge is 0.280 e. The number of hydrogen-bond donors (Lipinski definition) is 2. The highest BCUT2D eigenvalue weighted by atomic mass is 32.2. The van der Waals surface area contributed by atoms with E-state index >= 15 is 0 Å². The number of carbonyl (C=O) groups excluding carboxylic acids is 1. The highest BCUT2D eigenvalue weighted by molar-refractivity contribution is 7.94. The number of guanidine groups is 1. The van der Waals surface area contributed by atoms with Gasteiger partial charge in [0.25, 0.3) is 5.91 Å². The Morgan fingerprint density at radius 2 is 1.95 bits per heavy atom.